The number of rotatable bonds is 3. The van der Waals surface area contributed by atoms with Gasteiger partial charge in [-0.2, -0.15) is 0 Å². The average Bonchev–Trinajstić information content (AvgIpc) is 2.81. The van der Waals surface area contributed by atoms with Crippen LogP contribution in [0.25, 0.3) is 0 Å². The van der Waals surface area contributed by atoms with Crippen LogP contribution in [0, 0.1) is 0 Å². The number of carbonyl (C=O) groups is 2. The molecular formula is C10H13N3O3S. The van der Waals surface area contributed by atoms with Crippen molar-refractivity contribution in [3.8, 4) is 0 Å². The number of hydrogen-bond acceptors (Lipinski definition) is 5. The topological polar surface area (TPSA) is 83.4 Å². The molecule has 1 aliphatic rings. The third-order valence-corrected chi connectivity index (χ3v) is 3.38. The van der Waals surface area contributed by atoms with Gasteiger partial charge < -0.3 is 10.0 Å². The van der Waals surface area contributed by atoms with Crippen LogP contribution in [-0.2, 0) is 4.79 Å². The Balaban J connectivity index is 2.10. The number of carboxylic acids is 1. The molecule has 7 heteroatoms. The van der Waals surface area contributed by atoms with E-state index in [0.717, 1.165) is 30.8 Å². The Morgan fingerprint density at radius 3 is 3.00 bits per heavy atom. The molecule has 0 spiro atoms. The molecule has 1 fully saturated rings. The number of hydrogen-bond donors (Lipinski definition) is 1. The normalized spacial score (nSPS) is 20.2. The van der Waals surface area contributed by atoms with Crippen molar-refractivity contribution < 1.29 is 14.7 Å². The lowest BCUT2D eigenvalue weighted by Crippen LogP contribution is -2.44. The van der Waals surface area contributed by atoms with Gasteiger partial charge in [0.2, 0.25) is 0 Å². The van der Waals surface area contributed by atoms with Gasteiger partial charge in [-0.25, -0.2) is 0 Å². The van der Waals surface area contributed by atoms with Crippen LogP contribution in [0.5, 0.6) is 0 Å². The maximum absolute atomic E-state index is 12.1. The molecule has 1 aromatic rings. The Bertz CT molecular complexity index is 407. The molecule has 1 saturated heterocycles. The molecule has 1 unspecified atom stereocenters. The fourth-order valence-corrected chi connectivity index (χ4v) is 2.52. The van der Waals surface area contributed by atoms with Gasteiger partial charge in [-0.1, -0.05) is 4.49 Å². The van der Waals surface area contributed by atoms with Crippen LogP contribution in [0.1, 0.15) is 36.2 Å². The minimum Gasteiger partial charge on any atom is -0.481 e. The van der Waals surface area contributed by atoms with Gasteiger partial charge in [0.25, 0.3) is 5.91 Å². The lowest BCUT2D eigenvalue weighted by Gasteiger charge is -2.34. The Morgan fingerprint density at radius 2 is 2.35 bits per heavy atom. The zero-order valence-electron chi connectivity index (χ0n) is 9.20. The summed E-state index contributed by atoms with van der Waals surface area (Å²) in [4.78, 5) is 24.5. The molecule has 1 atom stereocenters. The van der Waals surface area contributed by atoms with Crippen LogP contribution in [0.4, 0.5) is 0 Å². The molecule has 17 heavy (non-hydrogen) atoms. The highest BCUT2D eigenvalue weighted by molar-refractivity contribution is 7.03. The van der Waals surface area contributed by atoms with E-state index in [-0.39, 0.29) is 18.4 Å². The lowest BCUT2D eigenvalue weighted by atomic mass is 9.99. The summed E-state index contributed by atoms with van der Waals surface area (Å²) in [5.41, 5.74) is 0.312. The molecule has 0 saturated carbocycles. The van der Waals surface area contributed by atoms with Gasteiger partial charge in [0.05, 0.1) is 6.42 Å². The zero-order valence-corrected chi connectivity index (χ0v) is 10.0. The summed E-state index contributed by atoms with van der Waals surface area (Å²) in [6.45, 7) is 0.605. The first-order chi connectivity index (χ1) is 8.18. The number of piperidine rings is 1. The van der Waals surface area contributed by atoms with E-state index in [9.17, 15) is 9.59 Å². The zero-order chi connectivity index (χ0) is 12.3. The Morgan fingerprint density at radius 1 is 1.53 bits per heavy atom. The van der Waals surface area contributed by atoms with Crippen molar-refractivity contribution in [2.45, 2.75) is 31.7 Å². The predicted octanol–water partition coefficient (Wildman–Crippen LogP) is 1.01. The Hall–Kier alpha value is -1.50. The van der Waals surface area contributed by atoms with E-state index < -0.39 is 5.97 Å². The molecular weight excluding hydrogens is 242 g/mol. The Labute approximate surface area is 102 Å². The highest BCUT2D eigenvalue weighted by Gasteiger charge is 2.30. The molecule has 0 aromatic carbocycles. The van der Waals surface area contributed by atoms with Crippen molar-refractivity contribution in [1.29, 1.82) is 0 Å². The quantitative estimate of drug-likeness (QED) is 0.871. The first kappa shape index (κ1) is 12.0. The summed E-state index contributed by atoms with van der Waals surface area (Å²) < 4.78 is 3.65. The minimum absolute atomic E-state index is 0.00328. The number of nitrogens with zero attached hydrogens (tertiary/aromatic N) is 3. The first-order valence-corrected chi connectivity index (χ1v) is 6.32. The summed E-state index contributed by atoms with van der Waals surface area (Å²) in [5, 5.41) is 14.2. The number of carboxylic acid groups (broad SMARTS) is 1. The molecule has 0 aliphatic carbocycles. The van der Waals surface area contributed by atoms with Crippen LogP contribution in [-0.4, -0.2) is 44.1 Å². The van der Waals surface area contributed by atoms with E-state index in [2.05, 4.69) is 9.59 Å². The second-order valence-electron chi connectivity index (χ2n) is 4.04. The highest BCUT2D eigenvalue weighted by atomic mass is 32.1. The lowest BCUT2D eigenvalue weighted by molar-refractivity contribution is -0.138. The van der Waals surface area contributed by atoms with E-state index in [1.807, 2.05) is 0 Å². The number of amides is 1. The van der Waals surface area contributed by atoms with Crippen LogP contribution < -0.4 is 0 Å². The van der Waals surface area contributed by atoms with E-state index in [0.29, 0.717) is 12.2 Å². The number of aromatic nitrogens is 2. The molecule has 0 bridgehead atoms. The summed E-state index contributed by atoms with van der Waals surface area (Å²) in [5.74, 6) is -1.07. The molecule has 1 amide bonds. The molecule has 1 aliphatic heterocycles. The number of aliphatic carboxylic acids is 1. The maximum Gasteiger partial charge on any atom is 0.305 e. The molecule has 2 heterocycles. The smallest absolute Gasteiger partial charge is 0.305 e. The van der Waals surface area contributed by atoms with Gasteiger partial charge in [-0.3, -0.25) is 9.59 Å². The van der Waals surface area contributed by atoms with Gasteiger partial charge in [0, 0.05) is 18.0 Å². The second kappa shape index (κ2) is 5.22. The predicted molar refractivity (Wildman–Crippen MR) is 60.8 cm³/mol. The molecule has 2 rings (SSSR count). The first-order valence-electron chi connectivity index (χ1n) is 5.48. The summed E-state index contributed by atoms with van der Waals surface area (Å²) >= 11 is 1.12. The van der Waals surface area contributed by atoms with Crippen molar-refractivity contribution in [3.63, 3.8) is 0 Å². The third-order valence-electron chi connectivity index (χ3n) is 2.88. The maximum atomic E-state index is 12.1. The SMILES string of the molecule is O=C(O)CC1CCCCN1C(=O)c1csnn1. The van der Waals surface area contributed by atoms with Gasteiger partial charge in [0.15, 0.2) is 5.69 Å². The molecule has 6 nitrogen and oxygen atoms in total. The van der Waals surface area contributed by atoms with E-state index >= 15 is 0 Å². The highest BCUT2D eigenvalue weighted by Crippen LogP contribution is 2.21. The van der Waals surface area contributed by atoms with Crippen molar-refractivity contribution >= 4 is 23.4 Å². The molecule has 1 N–H and O–H groups in total. The molecule has 92 valence electrons. The number of likely N-dealkylation sites (tertiary alicyclic amines) is 1. The van der Waals surface area contributed by atoms with Gasteiger partial charge in [-0.05, 0) is 30.8 Å². The van der Waals surface area contributed by atoms with Crippen LogP contribution in [0.2, 0.25) is 0 Å². The summed E-state index contributed by atoms with van der Waals surface area (Å²) in [6.07, 6.45) is 2.63. The van der Waals surface area contributed by atoms with E-state index in [1.165, 1.54) is 0 Å². The summed E-state index contributed by atoms with van der Waals surface area (Å²) in [6, 6.07) is -0.213. The van der Waals surface area contributed by atoms with Crippen molar-refractivity contribution in [2.24, 2.45) is 0 Å². The van der Waals surface area contributed by atoms with Crippen molar-refractivity contribution in [2.75, 3.05) is 6.54 Å². The summed E-state index contributed by atoms with van der Waals surface area (Å²) in [7, 11) is 0. The van der Waals surface area contributed by atoms with E-state index in [4.69, 9.17) is 5.11 Å². The Kier molecular flexibility index (Phi) is 3.68. The van der Waals surface area contributed by atoms with Crippen LogP contribution in [0.3, 0.4) is 0 Å². The van der Waals surface area contributed by atoms with Gasteiger partial charge in [0.1, 0.15) is 0 Å². The fourth-order valence-electron chi connectivity index (χ4n) is 2.09. The standard InChI is InChI=1S/C10H13N3O3S/c14-9(15)5-7-3-1-2-4-13(7)10(16)8-6-17-12-11-8/h6-7H,1-5H2,(H,14,15). The molecule has 0 radical (unpaired) electrons. The number of carbonyl (C=O) groups excluding carboxylic acids is 1. The average molecular weight is 255 g/mol. The molecule has 1 aromatic heterocycles. The second-order valence-corrected chi connectivity index (χ2v) is 4.65. The van der Waals surface area contributed by atoms with Crippen molar-refractivity contribution in [1.82, 2.24) is 14.5 Å². The monoisotopic (exact) mass is 255 g/mol. The fraction of sp³-hybridized carbons (Fsp3) is 0.600. The van der Waals surface area contributed by atoms with E-state index in [1.54, 1.807) is 10.3 Å². The van der Waals surface area contributed by atoms with Gasteiger partial charge >= 0.3 is 5.97 Å². The minimum atomic E-state index is -0.869. The van der Waals surface area contributed by atoms with Crippen LogP contribution in [0.15, 0.2) is 5.38 Å². The van der Waals surface area contributed by atoms with Gasteiger partial charge in [-0.15, -0.1) is 5.10 Å². The largest absolute Gasteiger partial charge is 0.481 e. The van der Waals surface area contributed by atoms with Crippen molar-refractivity contribution in [3.05, 3.63) is 11.1 Å². The van der Waals surface area contributed by atoms with Crippen LogP contribution >= 0.6 is 11.5 Å². The third kappa shape index (κ3) is 2.79.